The molecule has 4 aromatic rings. The van der Waals surface area contributed by atoms with Crippen LogP contribution in [0.4, 0.5) is 6.01 Å². The zero-order valence-corrected chi connectivity index (χ0v) is 17.3. The molecule has 1 amide bonds. The Bertz CT molecular complexity index is 1260. The van der Waals surface area contributed by atoms with Crippen LogP contribution in [0.5, 0.6) is 0 Å². The summed E-state index contributed by atoms with van der Waals surface area (Å²) < 4.78 is 6.44. The fourth-order valence-corrected chi connectivity index (χ4v) is 3.76. The van der Waals surface area contributed by atoms with Gasteiger partial charge in [0.25, 0.3) is 5.56 Å². The maximum absolute atomic E-state index is 13.2. The number of aryl methyl sites for hydroxylation is 2. The lowest BCUT2D eigenvalue weighted by Crippen LogP contribution is -2.23. The molecule has 0 fully saturated rings. The van der Waals surface area contributed by atoms with Gasteiger partial charge in [-0.05, 0) is 43.2 Å². The van der Waals surface area contributed by atoms with Gasteiger partial charge >= 0.3 is 6.01 Å². The smallest absolute Gasteiger partial charge is 0.315 e. The van der Waals surface area contributed by atoms with E-state index in [0.717, 1.165) is 18.2 Å². The van der Waals surface area contributed by atoms with E-state index in [4.69, 9.17) is 4.52 Å². The Morgan fingerprint density at radius 2 is 1.90 bits per heavy atom. The zero-order chi connectivity index (χ0) is 21.1. The first-order valence-electron chi connectivity index (χ1n) is 9.39. The van der Waals surface area contributed by atoms with Crippen molar-refractivity contribution in [1.82, 2.24) is 19.7 Å². The first kappa shape index (κ1) is 19.8. The van der Waals surface area contributed by atoms with E-state index in [9.17, 15) is 9.59 Å². The molecule has 0 atom stereocenters. The third-order valence-corrected chi connectivity index (χ3v) is 5.39. The monoisotopic (exact) mass is 421 g/mol. The molecule has 0 spiro atoms. The van der Waals surface area contributed by atoms with Gasteiger partial charge in [-0.1, -0.05) is 48.1 Å². The number of amides is 1. The molecular formula is C21H19N5O3S. The van der Waals surface area contributed by atoms with Crippen molar-refractivity contribution in [2.45, 2.75) is 25.4 Å². The summed E-state index contributed by atoms with van der Waals surface area (Å²) in [6.45, 7) is 3.74. The van der Waals surface area contributed by atoms with Gasteiger partial charge in [0.1, 0.15) is 0 Å². The third-order valence-electron chi connectivity index (χ3n) is 4.45. The number of carbonyl (C=O) groups is 1. The van der Waals surface area contributed by atoms with Crippen molar-refractivity contribution in [2.75, 3.05) is 11.1 Å². The molecule has 30 heavy (non-hydrogen) atoms. The van der Waals surface area contributed by atoms with Gasteiger partial charge in [0.15, 0.2) is 11.0 Å². The number of benzene rings is 2. The minimum Gasteiger partial charge on any atom is -0.315 e. The second-order valence-electron chi connectivity index (χ2n) is 6.56. The summed E-state index contributed by atoms with van der Waals surface area (Å²) >= 11 is 1.16. The summed E-state index contributed by atoms with van der Waals surface area (Å²) in [7, 11) is 0. The number of nitrogens with one attached hydrogen (secondary N) is 1. The van der Waals surface area contributed by atoms with E-state index in [1.54, 1.807) is 19.1 Å². The highest BCUT2D eigenvalue weighted by atomic mass is 32.2. The zero-order valence-electron chi connectivity index (χ0n) is 16.5. The Hall–Kier alpha value is -3.46. The van der Waals surface area contributed by atoms with E-state index < -0.39 is 0 Å². The number of hydrogen-bond donors (Lipinski definition) is 1. The number of aromatic nitrogens is 4. The molecule has 2 aromatic heterocycles. The van der Waals surface area contributed by atoms with Crippen molar-refractivity contribution in [3.63, 3.8) is 0 Å². The molecule has 0 aliphatic carbocycles. The maximum Gasteiger partial charge on any atom is 0.328 e. The highest BCUT2D eigenvalue weighted by molar-refractivity contribution is 7.99. The number of rotatable bonds is 6. The van der Waals surface area contributed by atoms with Gasteiger partial charge in [-0.25, -0.2) is 4.98 Å². The van der Waals surface area contributed by atoms with Gasteiger partial charge < -0.3 is 4.52 Å². The SMILES string of the molecule is CCc1ccc(-n2c(SCC(=O)Nc3nc(C)no3)nc3ccccc3c2=O)cc1. The number of thioether (sulfide) groups is 1. The highest BCUT2D eigenvalue weighted by Crippen LogP contribution is 2.22. The van der Waals surface area contributed by atoms with Gasteiger partial charge in [-0.2, -0.15) is 4.98 Å². The molecule has 0 saturated carbocycles. The molecule has 4 rings (SSSR count). The van der Waals surface area contributed by atoms with Gasteiger partial charge in [-0.3, -0.25) is 19.5 Å². The predicted molar refractivity (Wildman–Crippen MR) is 115 cm³/mol. The van der Waals surface area contributed by atoms with E-state index in [1.807, 2.05) is 36.4 Å². The number of nitrogens with zero attached hydrogens (tertiary/aromatic N) is 4. The van der Waals surface area contributed by atoms with Crippen LogP contribution < -0.4 is 10.9 Å². The molecule has 0 unspecified atom stereocenters. The average Bonchev–Trinajstić information content (AvgIpc) is 3.17. The second-order valence-corrected chi connectivity index (χ2v) is 7.50. The average molecular weight is 421 g/mol. The van der Waals surface area contributed by atoms with Crippen LogP contribution in [-0.2, 0) is 11.2 Å². The molecule has 2 aromatic carbocycles. The Morgan fingerprint density at radius 1 is 1.13 bits per heavy atom. The molecule has 0 radical (unpaired) electrons. The molecule has 1 N–H and O–H groups in total. The van der Waals surface area contributed by atoms with Crippen LogP contribution in [0, 0.1) is 6.92 Å². The summed E-state index contributed by atoms with van der Waals surface area (Å²) in [5.41, 5.74) is 2.27. The topological polar surface area (TPSA) is 103 Å². The molecule has 0 saturated heterocycles. The summed E-state index contributed by atoms with van der Waals surface area (Å²) in [5, 5.41) is 7.13. The van der Waals surface area contributed by atoms with Crippen LogP contribution in [0.1, 0.15) is 18.3 Å². The molecule has 0 bridgehead atoms. The first-order valence-corrected chi connectivity index (χ1v) is 10.4. The lowest BCUT2D eigenvalue weighted by Gasteiger charge is -2.13. The minimum absolute atomic E-state index is 0.0270. The number of anilines is 1. The lowest BCUT2D eigenvalue weighted by molar-refractivity contribution is -0.114. The van der Waals surface area contributed by atoms with Crippen LogP contribution in [0.15, 0.2) is 63.0 Å². The van der Waals surface area contributed by atoms with Crippen molar-refractivity contribution in [1.29, 1.82) is 0 Å². The summed E-state index contributed by atoms with van der Waals surface area (Å²) in [6, 6.07) is 15.0. The van der Waals surface area contributed by atoms with Crippen molar-refractivity contribution < 1.29 is 9.32 Å². The fourth-order valence-electron chi connectivity index (χ4n) is 2.95. The third kappa shape index (κ3) is 4.11. The van der Waals surface area contributed by atoms with Gasteiger partial charge in [0.05, 0.1) is 22.3 Å². The van der Waals surface area contributed by atoms with Crippen molar-refractivity contribution >= 4 is 34.6 Å². The van der Waals surface area contributed by atoms with E-state index in [2.05, 4.69) is 27.4 Å². The Labute approximate surface area is 176 Å². The van der Waals surface area contributed by atoms with Crippen molar-refractivity contribution in [3.05, 3.63) is 70.3 Å². The van der Waals surface area contributed by atoms with Crippen molar-refractivity contribution in [2.24, 2.45) is 0 Å². The molecule has 2 heterocycles. The summed E-state index contributed by atoms with van der Waals surface area (Å²) in [5.74, 6) is 0.122. The fraction of sp³-hybridized carbons (Fsp3) is 0.190. The van der Waals surface area contributed by atoms with E-state index >= 15 is 0 Å². The maximum atomic E-state index is 13.2. The minimum atomic E-state index is -0.334. The summed E-state index contributed by atoms with van der Waals surface area (Å²) in [6.07, 6.45) is 0.905. The van der Waals surface area contributed by atoms with Crippen molar-refractivity contribution in [3.8, 4) is 5.69 Å². The highest BCUT2D eigenvalue weighted by Gasteiger charge is 2.16. The van der Waals surface area contributed by atoms with Gasteiger partial charge in [0.2, 0.25) is 5.91 Å². The van der Waals surface area contributed by atoms with Crippen LogP contribution in [-0.4, -0.2) is 31.4 Å². The number of hydrogen-bond acceptors (Lipinski definition) is 7. The quantitative estimate of drug-likeness (QED) is 0.376. The molecule has 0 aliphatic rings. The normalized spacial score (nSPS) is 11.0. The molecule has 0 aliphatic heterocycles. The van der Waals surface area contributed by atoms with E-state index in [-0.39, 0.29) is 23.2 Å². The standard InChI is InChI=1S/C21H19N5O3S/c1-3-14-8-10-15(11-9-14)26-19(28)16-6-4-5-7-17(16)23-21(26)30-12-18(27)24-20-22-13(2)25-29-20/h4-11H,3,12H2,1-2H3,(H,22,24,25,27). The Kier molecular flexibility index (Phi) is 5.62. The van der Waals surface area contributed by atoms with Gasteiger partial charge in [0, 0.05) is 0 Å². The second kappa shape index (κ2) is 8.50. The van der Waals surface area contributed by atoms with E-state index in [1.165, 1.54) is 10.1 Å². The molecule has 152 valence electrons. The van der Waals surface area contributed by atoms with E-state index in [0.29, 0.717) is 27.6 Å². The van der Waals surface area contributed by atoms with Crippen LogP contribution >= 0.6 is 11.8 Å². The number of carbonyl (C=O) groups excluding carboxylic acids is 1. The first-order chi connectivity index (χ1) is 14.5. The van der Waals surface area contributed by atoms with Crippen LogP contribution in [0.25, 0.3) is 16.6 Å². The Balaban J connectivity index is 1.68. The van der Waals surface area contributed by atoms with Crippen LogP contribution in [0.3, 0.4) is 0 Å². The Morgan fingerprint density at radius 3 is 2.60 bits per heavy atom. The lowest BCUT2D eigenvalue weighted by atomic mass is 10.1. The summed E-state index contributed by atoms with van der Waals surface area (Å²) in [4.78, 5) is 34.1. The largest absolute Gasteiger partial charge is 0.328 e. The number of fused-ring (bicyclic) bond motifs is 1. The number of para-hydroxylation sites is 1. The molecular weight excluding hydrogens is 402 g/mol. The molecule has 8 nitrogen and oxygen atoms in total. The van der Waals surface area contributed by atoms with Gasteiger partial charge in [-0.15, -0.1) is 0 Å². The predicted octanol–water partition coefficient (Wildman–Crippen LogP) is 3.37. The van der Waals surface area contributed by atoms with Crippen LogP contribution in [0.2, 0.25) is 0 Å². The molecule has 9 heteroatoms.